The van der Waals surface area contributed by atoms with E-state index in [0.717, 1.165) is 4.57 Å². The van der Waals surface area contributed by atoms with E-state index >= 15 is 0 Å². The van der Waals surface area contributed by atoms with Crippen molar-refractivity contribution in [3.05, 3.63) is 169 Å². The molecule has 5 nitrogen and oxygen atoms in total. The van der Waals surface area contributed by atoms with Crippen molar-refractivity contribution >= 4 is 43.7 Å². The van der Waals surface area contributed by atoms with Crippen LogP contribution in [0.5, 0.6) is 0 Å². The molecule has 0 spiro atoms. The van der Waals surface area contributed by atoms with Crippen molar-refractivity contribution in [3.8, 4) is 51.0 Å². The molecule has 10 aromatic rings. The predicted molar refractivity (Wildman–Crippen MR) is 203 cm³/mol. The number of para-hydroxylation sites is 1. The largest absolute Gasteiger partial charge is 0.456 e. The Morgan fingerprint density at radius 3 is 1.64 bits per heavy atom. The summed E-state index contributed by atoms with van der Waals surface area (Å²) < 4.78 is 255. The zero-order valence-electron chi connectivity index (χ0n) is 52.7. The number of aromatic nitrogens is 4. The Balaban J connectivity index is 1.48. The number of benzene rings is 7. The van der Waals surface area contributed by atoms with Gasteiger partial charge in [-0.15, -0.1) is 0 Å². The first kappa shape index (κ1) is 11.9. The van der Waals surface area contributed by atoms with Crippen molar-refractivity contribution in [2.24, 2.45) is 0 Å². The molecule has 0 aliphatic carbocycles. The van der Waals surface area contributed by atoms with Gasteiger partial charge in [-0.1, -0.05) is 139 Å². The molecule has 7 aromatic carbocycles. The lowest BCUT2D eigenvalue weighted by molar-refractivity contribution is 0.669. The average molecular weight is 669 g/mol. The first-order chi connectivity index (χ1) is 36.4. The summed E-state index contributed by atoms with van der Waals surface area (Å²) in [4.78, 5) is 12.9. The standard InChI is InChI=1S/C45H28N4O/c1-4-14-29(15-5-1)33-21-12-24-39-41(33)42-37(23-13-25-40(42)50-39)49-36-22-11-10-20-34(36)35-27-26-32(28-38(35)49)45-47-43(30-16-6-2-7-17-30)46-44(48-45)31-18-8-3-9-19-31/h1-28H/i1D,2D,3D,4D,5D,6D,7D,8D,9D,10D,11D,12D,13D,14D,15D,16D,17D,18D,19D,20D,21D,22D,23D,24D,25D,26D,27D,28D. The number of fused-ring (bicyclic) bond motifs is 6. The van der Waals surface area contributed by atoms with Crippen molar-refractivity contribution in [2.75, 3.05) is 0 Å². The van der Waals surface area contributed by atoms with Crippen LogP contribution >= 0.6 is 0 Å². The normalized spacial score (nSPS) is 19.4. The highest BCUT2D eigenvalue weighted by Gasteiger charge is 2.21. The minimum absolute atomic E-state index is 0.582. The van der Waals surface area contributed by atoms with E-state index in [2.05, 4.69) is 15.0 Å². The molecule has 0 saturated carbocycles. The molecule has 0 aliphatic heterocycles. The van der Waals surface area contributed by atoms with E-state index in [-0.39, 0.29) is 0 Å². The second-order valence-corrected chi connectivity index (χ2v) is 10.3. The SMILES string of the molecule is [2H]c1c([2H])c([2H])c(-c2nc(-c3c([2H])c([2H])c([2H])c([2H])c3[2H])nc(-c3c([2H])c([2H])c4c5c([2H])c([2H])c([2H])c([2H])c5n(-c5c([2H])c([2H])c([2H])c6oc7c([2H])c([2H])c([2H])c(-c8c([2H])c([2H])c([2H])c([2H])c8[2H])c7c56)c4c3[2H])n2)c([2H])c1[2H]. The van der Waals surface area contributed by atoms with Crippen molar-refractivity contribution in [2.45, 2.75) is 0 Å². The zero-order chi connectivity index (χ0) is 57.4. The Hall–Kier alpha value is -6.85. The summed E-state index contributed by atoms with van der Waals surface area (Å²) >= 11 is 0. The Labute approximate surface area is 327 Å². The minimum Gasteiger partial charge on any atom is -0.456 e. The Kier molecular flexibility index (Phi) is 2.72. The zero-order valence-corrected chi connectivity index (χ0v) is 24.7. The van der Waals surface area contributed by atoms with Gasteiger partial charge in [-0.25, -0.2) is 15.0 Å². The van der Waals surface area contributed by atoms with E-state index in [0.29, 0.717) is 0 Å². The highest BCUT2D eigenvalue weighted by Crippen LogP contribution is 2.42. The molecule has 0 bridgehead atoms. The highest BCUT2D eigenvalue weighted by atomic mass is 16.3. The molecule has 10 rings (SSSR count). The first-order valence-electron chi connectivity index (χ1n) is 28.4. The summed E-state index contributed by atoms with van der Waals surface area (Å²) in [6.07, 6.45) is 0. The van der Waals surface area contributed by atoms with Crippen LogP contribution in [-0.2, 0) is 0 Å². The fraction of sp³-hybridized carbons (Fsp3) is 0. The molecule has 234 valence electrons. The van der Waals surface area contributed by atoms with Crippen LogP contribution in [0.4, 0.5) is 0 Å². The minimum atomic E-state index is -1.02. The topological polar surface area (TPSA) is 56.7 Å². The number of hydrogen-bond donors (Lipinski definition) is 0. The molecule has 0 atom stereocenters. The molecule has 0 saturated heterocycles. The third-order valence-corrected chi connectivity index (χ3v) is 7.55. The van der Waals surface area contributed by atoms with E-state index in [1.54, 1.807) is 0 Å². The second-order valence-electron chi connectivity index (χ2n) is 10.3. The third kappa shape index (κ3) is 4.52. The fourth-order valence-electron chi connectivity index (χ4n) is 5.51. The van der Waals surface area contributed by atoms with Gasteiger partial charge in [0.2, 0.25) is 0 Å². The molecule has 0 amide bonds. The molecule has 0 radical (unpaired) electrons. The van der Waals surface area contributed by atoms with E-state index in [1.807, 2.05) is 0 Å². The molecule has 3 heterocycles. The Morgan fingerprint density at radius 2 is 0.960 bits per heavy atom. The van der Waals surface area contributed by atoms with E-state index in [1.165, 1.54) is 0 Å². The van der Waals surface area contributed by atoms with Crippen LogP contribution in [0.3, 0.4) is 0 Å². The van der Waals surface area contributed by atoms with Crippen molar-refractivity contribution in [3.63, 3.8) is 0 Å². The summed E-state index contributed by atoms with van der Waals surface area (Å²) in [5.74, 6) is -2.60. The molecule has 0 N–H and O–H groups in total. The van der Waals surface area contributed by atoms with E-state index in [9.17, 15) is 9.60 Å². The summed E-state index contributed by atoms with van der Waals surface area (Å²) in [5, 5.41) is -2.40. The van der Waals surface area contributed by atoms with Gasteiger partial charge in [0.1, 0.15) is 11.2 Å². The monoisotopic (exact) mass is 668 g/mol. The molecule has 0 aliphatic rings. The molecular formula is C45H28N4O. The molecule has 5 heteroatoms. The van der Waals surface area contributed by atoms with Gasteiger partial charge in [0.25, 0.3) is 0 Å². The van der Waals surface area contributed by atoms with E-state index < -0.39 is 264 Å². The summed E-state index contributed by atoms with van der Waals surface area (Å²) in [6, 6.07) is -25.8. The molecule has 3 aromatic heterocycles. The Morgan fingerprint density at radius 1 is 0.420 bits per heavy atom. The lowest BCUT2D eigenvalue weighted by Gasteiger charge is -2.12. The van der Waals surface area contributed by atoms with Crippen molar-refractivity contribution in [1.29, 1.82) is 0 Å². The van der Waals surface area contributed by atoms with Crippen molar-refractivity contribution < 1.29 is 42.8 Å². The maximum Gasteiger partial charge on any atom is 0.164 e. The van der Waals surface area contributed by atoms with Crippen LogP contribution in [0.25, 0.3) is 94.7 Å². The summed E-state index contributed by atoms with van der Waals surface area (Å²) in [5.41, 5.74) is -7.37. The number of hydrogen-bond acceptors (Lipinski definition) is 4. The van der Waals surface area contributed by atoms with Gasteiger partial charge < -0.3 is 8.98 Å². The molecule has 50 heavy (non-hydrogen) atoms. The van der Waals surface area contributed by atoms with Gasteiger partial charge in [0, 0.05) is 32.8 Å². The maximum absolute atomic E-state index is 10.1. The van der Waals surface area contributed by atoms with Crippen molar-refractivity contribution in [1.82, 2.24) is 19.5 Å². The fourth-order valence-corrected chi connectivity index (χ4v) is 5.51. The lowest BCUT2D eigenvalue weighted by atomic mass is 9.99. The van der Waals surface area contributed by atoms with Crippen LogP contribution in [0, 0.1) is 0 Å². The van der Waals surface area contributed by atoms with E-state index in [4.69, 9.17) is 33.2 Å². The first-order valence-corrected chi connectivity index (χ1v) is 14.4. The molecule has 0 unspecified atom stereocenters. The smallest absolute Gasteiger partial charge is 0.164 e. The van der Waals surface area contributed by atoms with Gasteiger partial charge in [-0.05, 0) is 41.3 Å². The van der Waals surface area contributed by atoms with Crippen LogP contribution in [-0.4, -0.2) is 19.5 Å². The summed E-state index contributed by atoms with van der Waals surface area (Å²) in [6.45, 7) is 0. The van der Waals surface area contributed by atoms with Crippen LogP contribution in [0.1, 0.15) is 38.4 Å². The molecule has 0 fully saturated rings. The van der Waals surface area contributed by atoms with Crippen LogP contribution < -0.4 is 0 Å². The van der Waals surface area contributed by atoms with Gasteiger partial charge in [-0.3, -0.25) is 0 Å². The average Bonchev–Trinajstić information content (AvgIpc) is 3.70. The predicted octanol–water partition coefficient (Wildman–Crippen LogP) is 11.5. The summed E-state index contributed by atoms with van der Waals surface area (Å²) in [7, 11) is 0. The third-order valence-electron chi connectivity index (χ3n) is 7.55. The quantitative estimate of drug-likeness (QED) is 0.183. The van der Waals surface area contributed by atoms with Crippen LogP contribution in [0.2, 0.25) is 0 Å². The van der Waals surface area contributed by atoms with Crippen LogP contribution in [0.15, 0.2) is 174 Å². The van der Waals surface area contributed by atoms with Gasteiger partial charge in [0.15, 0.2) is 17.5 Å². The maximum atomic E-state index is 10.1. The number of furan rings is 1. The molecular weight excluding hydrogens is 613 g/mol. The second kappa shape index (κ2) is 11.4. The van der Waals surface area contributed by atoms with Gasteiger partial charge in [-0.2, -0.15) is 0 Å². The van der Waals surface area contributed by atoms with Gasteiger partial charge >= 0.3 is 0 Å². The number of nitrogens with zero attached hydrogens (tertiary/aromatic N) is 4. The van der Waals surface area contributed by atoms with Gasteiger partial charge in [0.05, 0.1) is 60.5 Å². The highest BCUT2D eigenvalue weighted by molar-refractivity contribution is 6.18. The Bertz CT molecular complexity index is 4320. The number of rotatable bonds is 5. The lowest BCUT2D eigenvalue weighted by Crippen LogP contribution is -2.00.